The van der Waals surface area contributed by atoms with E-state index in [0.717, 1.165) is 11.3 Å². The third kappa shape index (κ3) is 4.50. The second-order valence-corrected chi connectivity index (χ2v) is 4.17. The minimum absolute atomic E-state index is 0.230. The molecule has 6 heteroatoms. The number of amides is 2. The van der Waals surface area contributed by atoms with Gasteiger partial charge in [0.05, 0.1) is 13.2 Å². The molecule has 0 saturated carbocycles. The molecular weight excluding hydrogens is 248 g/mol. The number of carbonyl (C=O) groups excluding carboxylic acids is 1. The fourth-order valence-corrected chi connectivity index (χ4v) is 1.47. The van der Waals surface area contributed by atoms with Crippen LogP contribution in [-0.2, 0) is 4.79 Å². The van der Waals surface area contributed by atoms with Crippen molar-refractivity contribution in [3.63, 3.8) is 0 Å². The number of nitrogens with one attached hydrogen (secondary N) is 2. The Kier molecular flexibility index (Phi) is 5.17. The molecule has 0 saturated heterocycles. The van der Waals surface area contributed by atoms with E-state index >= 15 is 0 Å². The monoisotopic (exact) mass is 266 g/mol. The normalized spacial score (nSPS) is 13.2. The fourth-order valence-electron chi connectivity index (χ4n) is 1.47. The van der Waals surface area contributed by atoms with Gasteiger partial charge in [-0.05, 0) is 31.5 Å². The summed E-state index contributed by atoms with van der Waals surface area (Å²) in [6.45, 7) is 3.22. The van der Waals surface area contributed by atoms with Gasteiger partial charge in [-0.3, -0.25) is 4.79 Å². The maximum atomic E-state index is 11.6. The van der Waals surface area contributed by atoms with E-state index in [2.05, 4.69) is 10.6 Å². The van der Waals surface area contributed by atoms with Crippen LogP contribution in [-0.4, -0.2) is 30.3 Å². The van der Waals surface area contributed by atoms with Gasteiger partial charge in [-0.15, -0.1) is 0 Å². The smallest absolute Gasteiger partial charge is 0.325 e. The van der Waals surface area contributed by atoms with Gasteiger partial charge in [0.15, 0.2) is 0 Å². The highest BCUT2D eigenvalue weighted by atomic mass is 16.5. The van der Waals surface area contributed by atoms with E-state index in [1.165, 1.54) is 6.92 Å². The molecule has 0 aliphatic carbocycles. The number of urea groups is 1. The van der Waals surface area contributed by atoms with Crippen LogP contribution in [0.15, 0.2) is 24.3 Å². The van der Waals surface area contributed by atoms with E-state index < -0.39 is 18.0 Å². The van der Waals surface area contributed by atoms with E-state index in [0.29, 0.717) is 0 Å². The van der Waals surface area contributed by atoms with E-state index in [9.17, 15) is 9.59 Å². The highest BCUT2D eigenvalue weighted by Gasteiger charge is 2.15. The van der Waals surface area contributed by atoms with Gasteiger partial charge in [0, 0.05) is 0 Å². The first-order chi connectivity index (χ1) is 8.93. The molecule has 3 N–H and O–H groups in total. The molecule has 2 atom stereocenters. The molecule has 0 aliphatic rings. The molecule has 2 amide bonds. The van der Waals surface area contributed by atoms with Crippen LogP contribution in [0.1, 0.15) is 25.5 Å². The Morgan fingerprint density at radius 1 is 1.16 bits per heavy atom. The quantitative estimate of drug-likeness (QED) is 0.754. The highest BCUT2D eigenvalue weighted by molar-refractivity contribution is 5.82. The summed E-state index contributed by atoms with van der Waals surface area (Å²) in [6, 6.07) is 5.60. The van der Waals surface area contributed by atoms with E-state index in [-0.39, 0.29) is 6.04 Å². The first-order valence-electron chi connectivity index (χ1n) is 5.87. The van der Waals surface area contributed by atoms with Gasteiger partial charge in [-0.1, -0.05) is 12.1 Å². The van der Waals surface area contributed by atoms with Crippen LogP contribution in [0, 0.1) is 0 Å². The minimum Gasteiger partial charge on any atom is -0.497 e. The molecule has 0 heterocycles. The lowest BCUT2D eigenvalue weighted by atomic mass is 10.1. The Morgan fingerprint density at radius 3 is 2.21 bits per heavy atom. The number of ether oxygens (including phenoxy) is 1. The zero-order valence-electron chi connectivity index (χ0n) is 11.1. The van der Waals surface area contributed by atoms with Crippen LogP contribution in [0.2, 0.25) is 0 Å². The van der Waals surface area contributed by atoms with Gasteiger partial charge >= 0.3 is 12.0 Å². The van der Waals surface area contributed by atoms with Crippen molar-refractivity contribution < 1.29 is 19.4 Å². The zero-order chi connectivity index (χ0) is 14.4. The molecule has 1 aromatic carbocycles. The third-order valence-corrected chi connectivity index (χ3v) is 2.68. The van der Waals surface area contributed by atoms with Gasteiger partial charge in [-0.25, -0.2) is 4.79 Å². The Bertz CT molecular complexity index is 444. The number of aliphatic carboxylic acids is 1. The van der Waals surface area contributed by atoms with Crippen LogP contribution in [0.25, 0.3) is 0 Å². The predicted molar refractivity (Wildman–Crippen MR) is 70.2 cm³/mol. The molecule has 6 nitrogen and oxygen atoms in total. The summed E-state index contributed by atoms with van der Waals surface area (Å²) in [5, 5.41) is 13.7. The van der Waals surface area contributed by atoms with Gasteiger partial charge in [0.1, 0.15) is 11.8 Å². The number of hydrogen-bond donors (Lipinski definition) is 3. The number of carboxylic acid groups (broad SMARTS) is 1. The van der Waals surface area contributed by atoms with Gasteiger partial charge in [0.2, 0.25) is 0 Å². The SMILES string of the molecule is COc1ccc(C(C)NC(=O)NC(C)C(=O)O)cc1. The van der Waals surface area contributed by atoms with Gasteiger partial charge in [-0.2, -0.15) is 0 Å². The number of rotatable bonds is 5. The van der Waals surface area contributed by atoms with Crippen LogP contribution in [0.3, 0.4) is 0 Å². The standard InChI is InChI=1S/C13H18N2O4/c1-8(10-4-6-11(19-3)7-5-10)14-13(18)15-9(2)12(16)17/h4-9H,1-3H3,(H,16,17)(H2,14,15,18). The maximum Gasteiger partial charge on any atom is 0.325 e. The molecule has 2 unspecified atom stereocenters. The molecule has 0 aliphatic heterocycles. The summed E-state index contributed by atoms with van der Waals surface area (Å²) in [5.41, 5.74) is 0.902. The Morgan fingerprint density at radius 2 is 1.74 bits per heavy atom. The molecule has 104 valence electrons. The number of carbonyl (C=O) groups is 2. The lowest BCUT2D eigenvalue weighted by molar-refractivity contribution is -0.138. The first kappa shape index (κ1) is 14.8. The average molecular weight is 266 g/mol. The van der Waals surface area contributed by atoms with Crippen LogP contribution in [0.4, 0.5) is 4.79 Å². The molecule has 0 radical (unpaired) electrons. The average Bonchev–Trinajstić information content (AvgIpc) is 2.38. The van der Waals surface area contributed by atoms with E-state index in [1.807, 2.05) is 19.1 Å². The predicted octanol–water partition coefficient (Wildman–Crippen LogP) is 1.53. The van der Waals surface area contributed by atoms with E-state index in [4.69, 9.17) is 9.84 Å². The Labute approximate surface area is 111 Å². The van der Waals surface area contributed by atoms with E-state index in [1.54, 1.807) is 19.2 Å². The second kappa shape index (κ2) is 6.63. The summed E-state index contributed by atoms with van der Waals surface area (Å²) < 4.78 is 5.04. The molecule has 19 heavy (non-hydrogen) atoms. The van der Waals surface area contributed by atoms with Crippen molar-refractivity contribution in [3.05, 3.63) is 29.8 Å². The van der Waals surface area contributed by atoms with Gasteiger partial charge in [0.25, 0.3) is 0 Å². The second-order valence-electron chi connectivity index (χ2n) is 4.17. The summed E-state index contributed by atoms with van der Waals surface area (Å²) in [6.07, 6.45) is 0. The van der Waals surface area contributed by atoms with Crippen molar-refractivity contribution in [2.75, 3.05) is 7.11 Å². The summed E-state index contributed by atoms with van der Waals surface area (Å²) in [4.78, 5) is 22.2. The number of hydrogen-bond acceptors (Lipinski definition) is 3. The molecule has 1 aromatic rings. The summed E-state index contributed by atoms with van der Waals surface area (Å²) in [5.74, 6) is -0.341. The largest absolute Gasteiger partial charge is 0.497 e. The lowest BCUT2D eigenvalue weighted by Gasteiger charge is -2.16. The molecule has 0 aromatic heterocycles. The number of methoxy groups -OCH3 is 1. The Hall–Kier alpha value is -2.24. The maximum absolute atomic E-state index is 11.6. The van der Waals surface area contributed by atoms with Crippen molar-refractivity contribution in [1.29, 1.82) is 0 Å². The molecule has 0 fully saturated rings. The van der Waals surface area contributed by atoms with Gasteiger partial charge < -0.3 is 20.5 Å². The highest BCUT2D eigenvalue weighted by Crippen LogP contribution is 2.16. The van der Waals surface area contributed by atoms with Crippen LogP contribution < -0.4 is 15.4 Å². The third-order valence-electron chi connectivity index (χ3n) is 2.68. The minimum atomic E-state index is -1.08. The van der Waals surface area contributed by atoms with Crippen molar-refractivity contribution in [2.24, 2.45) is 0 Å². The summed E-state index contributed by atoms with van der Waals surface area (Å²) >= 11 is 0. The first-order valence-corrected chi connectivity index (χ1v) is 5.87. The number of carboxylic acids is 1. The molecule has 1 rings (SSSR count). The number of benzene rings is 1. The molecular formula is C13H18N2O4. The van der Waals surface area contributed by atoms with Crippen molar-refractivity contribution in [2.45, 2.75) is 25.9 Å². The topological polar surface area (TPSA) is 87.7 Å². The van der Waals surface area contributed by atoms with Crippen LogP contribution in [0.5, 0.6) is 5.75 Å². The lowest BCUT2D eigenvalue weighted by Crippen LogP contribution is -2.45. The van der Waals surface area contributed by atoms with Crippen molar-refractivity contribution >= 4 is 12.0 Å². The zero-order valence-corrected chi connectivity index (χ0v) is 11.1. The van der Waals surface area contributed by atoms with Crippen molar-refractivity contribution in [3.8, 4) is 5.75 Å². The fraction of sp³-hybridized carbons (Fsp3) is 0.385. The van der Waals surface area contributed by atoms with Crippen LogP contribution >= 0.6 is 0 Å². The molecule has 0 spiro atoms. The molecule has 0 bridgehead atoms. The summed E-state index contributed by atoms with van der Waals surface area (Å²) in [7, 11) is 1.58. The Balaban J connectivity index is 2.56. The van der Waals surface area contributed by atoms with Crippen molar-refractivity contribution in [1.82, 2.24) is 10.6 Å².